The highest BCUT2D eigenvalue weighted by Gasteiger charge is 2.08. The van der Waals surface area contributed by atoms with E-state index in [1.54, 1.807) is 7.05 Å². The van der Waals surface area contributed by atoms with E-state index in [0.29, 0.717) is 19.5 Å². The van der Waals surface area contributed by atoms with Crippen LogP contribution in [-0.4, -0.2) is 37.4 Å². The van der Waals surface area contributed by atoms with Crippen LogP contribution in [0.25, 0.3) is 0 Å². The lowest BCUT2D eigenvalue weighted by atomic mass is 10.1. The lowest BCUT2D eigenvalue weighted by Gasteiger charge is -2.22. The number of amides is 1. The number of carbonyl (C=O) groups is 1. The maximum absolute atomic E-state index is 12.0. The van der Waals surface area contributed by atoms with Crippen LogP contribution in [0.4, 0.5) is 0 Å². The molecule has 2 aromatic carbocycles. The summed E-state index contributed by atoms with van der Waals surface area (Å²) < 4.78 is 0. The van der Waals surface area contributed by atoms with Crippen LogP contribution in [0, 0.1) is 6.92 Å². The van der Waals surface area contributed by atoms with Gasteiger partial charge in [0.2, 0.25) is 5.91 Å². The Labute approximate surface area is 156 Å². The summed E-state index contributed by atoms with van der Waals surface area (Å²) in [6.45, 7) is 3.95. The molecule has 0 bridgehead atoms. The number of nitrogens with zero attached hydrogens (tertiary/aromatic N) is 2. The fraction of sp³-hybridized carbons (Fsp3) is 0.333. The Morgan fingerprint density at radius 1 is 1.00 bits per heavy atom. The van der Waals surface area contributed by atoms with Crippen molar-refractivity contribution in [2.75, 3.05) is 20.6 Å². The fourth-order valence-corrected chi connectivity index (χ4v) is 2.60. The molecule has 0 radical (unpaired) electrons. The third-order valence-corrected chi connectivity index (χ3v) is 4.08. The van der Waals surface area contributed by atoms with Crippen molar-refractivity contribution in [3.8, 4) is 0 Å². The first kappa shape index (κ1) is 19.5. The van der Waals surface area contributed by atoms with E-state index >= 15 is 0 Å². The second-order valence-corrected chi connectivity index (χ2v) is 6.33. The molecule has 0 fully saturated rings. The van der Waals surface area contributed by atoms with Gasteiger partial charge in [-0.1, -0.05) is 60.2 Å². The molecule has 0 saturated carbocycles. The van der Waals surface area contributed by atoms with Crippen LogP contribution in [0.1, 0.15) is 23.1 Å². The third kappa shape index (κ3) is 6.59. The van der Waals surface area contributed by atoms with Crippen molar-refractivity contribution >= 4 is 11.9 Å². The zero-order valence-corrected chi connectivity index (χ0v) is 15.8. The molecule has 0 aliphatic heterocycles. The maximum atomic E-state index is 12.0. The lowest BCUT2D eigenvalue weighted by molar-refractivity contribution is -0.121. The summed E-state index contributed by atoms with van der Waals surface area (Å²) in [4.78, 5) is 18.3. The van der Waals surface area contributed by atoms with Crippen molar-refractivity contribution in [3.63, 3.8) is 0 Å². The van der Waals surface area contributed by atoms with Gasteiger partial charge in [-0.3, -0.25) is 9.79 Å². The standard InChI is InChI=1S/C21H28N4O/c1-17-9-11-19(12-10-17)16-25(3)21(22-2)23-14-13-20(26)24-15-18-7-5-4-6-8-18/h4-12H,13-16H2,1-3H3,(H,22,23)(H,24,26). The highest BCUT2D eigenvalue weighted by atomic mass is 16.1. The van der Waals surface area contributed by atoms with Gasteiger partial charge in [0.1, 0.15) is 0 Å². The molecule has 138 valence electrons. The van der Waals surface area contributed by atoms with E-state index in [4.69, 9.17) is 0 Å². The number of hydrogen-bond donors (Lipinski definition) is 2. The summed E-state index contributed by atoms with van der Waals surface area (Å²) in [5.41, 5.74) is 3.57. The molecule has 0 saturated heterocycles. The molecule has 0 aromatic heterocycles. The molecule has 0 aliphatic carbocycles. The average Bonchev–Trinajstić information content (AvgIpc) is 2.66. The summed E-state index contributed by atoms with van der Waals surface area (Å²) in [6.07, 6.45) is 0.407. The lowest BCUT2D eigenvalue weighted by Crippen LogP contribution is -2.40. The molecule has 0 heterocycles. The Morgan fingerprint density at radius 3 is 2.35 bits per heavy atom. The van der Waals surface area contributed by atoms with Crippen LogP contribution in [0.5, 0.6) is 0 Å². The third-order valence-electron chi connectivity index (χ3n) is 4.08. The van der Waals surface area contributed by atoms with Gasteiger partial charge in [0.15, 0.2) is 5.96 Å². The van der Waals surface area contributed by atoms with E-state index < -0.39 is 0 Å². The predicted octanol–water partition coefficient (Wildman–Crippen LogP) is 2.71. The van der Waals surface area contributed by atoms with Gasteiger partial charge in [-0.2, -0.15) is 0 Å². The van der Waals surface area contributed by atoms with Crippen molar-refractivity contribution in [1.82, 2.24) is 15.5 Å². The predicted molar refractivity (Wildman–Crippen MR) is 107 cm³/mol. The van der Waals surface area contributed by atoms with Crippen LogP contribution in [0.2, 0.25) is 0 Å². The first-order chi connectivity index (χ1) is 12.6. The molecule has 5 nitrogen and oxygen atoms in total. The summed E-state index contributed by atoms with van der Waals surface area (Å²) in [5.74, 6) is 0.805. The van der Waals surface area contributed by atoms with Crippen molar-refractivity contribution in [1.29, 1.82) is 0 Å². The molecular weight excluding hydrogens is 324 g/mol. The number of aryl methyl sites for hydroxylation is 1. The Morgan fingerprint density at radius 2 is 1.69 bits per heavy atom. The zero-order chi connectivity index (χ0) is 18.8. The molecule has 5 heteroatoms. The molecule has 0 atom stereocenters. The van der Waals surface area contributed by atoms with Gasteiger partial charge in [-0.15, -0.1) is 0 Å². The maximum Gasteiger partial charge on any atom is 0.222 e. The second-order valence-electron chi connectivity index (χ2n) is 6.33. The van der Waals surface area contributed by atoms with Gasteiger partial charge >= 0.3 is 0 Å². The van der Waals surface area contributed by atoms with Gasteiger partial charge in [0.05, 0.1) is 0 Å². The Hall–Kier alpha value is -2.82. The van der Waals surface area contributed by atoms with E-state index in [0.717, 1.165) is 18.1 Å². The molecule has 0 aliphatic rings. The molecule has 1 amide bonds. The van der Waals surface area contributed by atoms with Crippen LogP contribution in [0.15, 0.2) is 59.6 Å². The fourth-order valence-electron chi connectivity index (χ4n) is 2.60. The normalized spacial score (nSPS) is 11.1. The highest BCUT2D eigenvalue weighted by molar-refractivity contribution is 5.81. The zero-order valence-electron chi connectivity index (χ0n) is 15.8. The molecule has 2 rings (SSSR count). The largest absolute Gasteiger partial charge is 0.356 e. The summed E-state index contributed by atoms with van der Waals surface area (Å²) in [7, 11) is 3.74. The van der Waals surface area contributed by atoms with Crippen LogP contribution in [0.3, 0.4) is 0 Å². The topological polar surface area (TPSA) is 56.7 Å². The summed E-state index contributed by atoms with van der Waals surface area (Å²) in [6, 6.07) is 18.4. The number of hydrogen-bond acceptors (Lipinski definition) is 2. The molecule has 2 N–H and O–H groups in total. The van der Waals surface area contributed by atoms with Crippen LogP contribution < -0.4 is 10.6 Å². The van der Waals surface area contributed by atoms with Gasteiger partial charge in [-0.05, 0) is 18.1 Å². The first-order valence-corrected chi connectivity index (χ1v) is 8.86. The average molecular weight is 352 g/mol. The number of rotatable bonds is 7. The minimum absolute atomic E-state index is 0.0259. The monoisotopic (exact) mass is 352 g/mol. The summed E-state index contributed by atoms with van der Waals surface area (Å²) >= 11 is 0. The first-order valence-electron chi connectivity index (χ1n) is 8.86. The molecule has 0 spiro atoms. The molecule has 0 unspecified atom stereocenters. The van der Waals surface area contributed by atoms with E-state index in [-0.39, 0.29) is 5.91 Å². The van der Waals surface area contributed by atoms with Crippen molar-refractivity contribution < 1.29 is 4.79 Å². The number of guanidine groups is 1. The quantitative estimate of drug-likeness (QED) is 0.595. The van der Waals surface area contributed by atoms with Gasteiger partial charge in [-0.25, -0.2) is 0 Å². The molecule has 2 aromatic rings. The number of carbonyl (C=O) groups excluding carboxylic acids is 1. The molecule has 26 heavy (non-hydrogen) atoms. The van der Waals surface area contributed by atoms with Crippen LogP contribution in [-0.2, 0) is 17.9 Å². The Balaban J connectivity index is 1.72. The minimum Gasteiger partial charge on any atom is -0.356 e. The van der Waals surface area contributed by atoms with Crippen LogP contribution >= 0.6 is 0 Å². The highest BCUT2D eigenvalue weighted by Crippen LogP contribution is 2.06. The van der Waals surface area contributed by atoms with Gasteiger partial charge < -0.3 is 15.5 Å². The van der Waals surface area contributed by atoms with Gasteiger partial charge in [0, 0.05) is 40.2 Å². The summed E-state index contributed by atoms with van der Waals surface area (Å²) in [5, 5.41) is 6.18. The van der Waals surface area contributed by atoms with Crippen molar-refractivity contribution in [2.24, 2.45) is 4.99 Å². The van der Waals surface area contributed by atoms with Crippen molar-refractivity contribution in [2.45, 2.75) is 26.4 Å². The Bertz CT molecular complexity index is 711. The minimum atomic E-state index is 0.0259. The number of benzene rings is 2. The SMILES string of the molecule is CN=C(NCCC(=O)NCc1ccccc1)N(C)Cc1ccc(C)cc1. The number of aliphatic imine (C=N–C) groups is 1. The van der Waals surface area contributed by atoms with E-state index in [1.165, 1.54) is 11.1 Å². The number of nitrogens with one attached hydrogen (secondary N) is 2. The molecular formula is C21H28N4O. The Kier molecular flexibility index (Phi) is 7.68. The van der Waals surface area contributed by atoms with Gasteiger partial charge in [0.25, 0.3) is 0 Å². The smallest absolute Gasteiger partial charge is 0.222 e. The van der Waals surface area contributed by atoms with Crippen molar-refractivity contribution in [3.05, 3.63) is 71.3 Å². The van der Waals surface area contributed by atoms with E-state index in [9.17, 15) is 4.79 Å². The van der Waals surface area contributed by atoms with E-state index in [1.807, 2.05) is 42.3 Å². The second kappa shape index (κ2) is 10.2. The van der Waals surface area contributed by atoms with E-state index in [2.05, 4.69) is 46.8 Å².